The van der Waals surface area contributed by atoms with Gasteiger partial charge in [0.05, 0.1) is 11.8 Å². The zero-order valence-electron chi connectivity index (χ0n) is 6.68. The molecule has 2 atom stereocenters. The van der Waals surface area contributed by atoms with Gasteiger partial charge < -0.3 is 14.8 Å². The topological polar surface area (TPSA) is 69.2 Å². The van der Waals surface area contributed by atoms with Gasteiger partial charge in [0.1, 0.15) is 6.10 Å². The highest BCUT2D eigenvalue weighted by Gasteiger charge is 2.19. The second kappa shape index (κ2) is 3.39. The normalized spacial score (nSPS) is 15.2. The minimum atomic E-state index is -1.36. The van der Waals surface area contributed by atoms with Crippen molar-refractivity contribution in [1.29, 1.82) is 5.26 Å². The Morgan fingerprint density at radius 2 is 2.25 bits per heavy atom. The molecule has 1 aromatic heterocycles. The molecule has 4 heteroatoms. The second-order valence-electron chi connectivity index (χ2n) is 2.56. The molecule has 0 saturated carbocycles. The fourth-order valence-corrected chi connectivity index (χ4v) is 1.01. The molecule has 2 unspecified atom stereocenters. The van der Waals surface area contributed by atoms with Crippen LogP contribution in [-0.4, -0.2) is 20.9 Å². The number of aromatic nitrogens is 1. The van der Waals surface area contributed by atoms with Crippen molar-refractivity contribution in [2.75, 3.05) is 0 Å². The first-order valence-corrected chi connectivity index (χ1v) is 3.54. The Balaban J connectivity index is 2.86. The van der Waals surface area contributed by atoms with Crippen molar-refractivity contribution in [3.05, 3.63) is 24.0 Å². The molecule has 0 spiro atoms. The van der Waals surface area contributed by atoms with E-state index in [1.54, 1.807) is 36.0 Å². The van der Waals surface area contributed by atoms with E-state index in [2.05, 4.69) is 0 Å². The minimum Gasteiger partial charge on any atom is -0.383 e. The maximum absolute atomic E-state index is 9.37. The van der Waals surface area contributed by atoms with Gasteiger partial charge in [-0.25, -0.2) is 0 Å². The minimum absolute atomic E-state index is 0.532. The number of aliphatic hydroxyl groups is 2. The molecule has 2 N–H and O–H groups in total. The number of aliphatic hydroxyl groups excluding tert-OH is 2. The van der Waals surface area contributed by atoms with Crippen LogP contribution in [0.1, 0.15) is 11.8 Å². The SMILES string of the molecule is Cn1cccc1C(O)C(O)C#N. The number of aryl methyl sites for hydroxylation is 1. The fraction of sp³-hybridized carbons (Fsp3) is 0.375. The molecule has 0 fully saturated rings. The number of rotatable bonds is 2. The summed E-state index contributed by atoms with van der Waals surface area (Å²) < 4.78 is 1.66. The summed E-state index contributed by atoms with van der Waals surface area (Å²) in [6, 6.07) is 4.97. The predicted octanol–water partition coefficient (Wildman–Crippen LogP) is -0.0570. The molecular weight excluding hydrogens is 156 g/mol. The van der Waals surface area contributed by atoms with Crippen molar-refractivity contribution >= 4 is 0 Å². The van der Waals surface area contributed by atoms with Gasteiger partial charge in [0, 0.05) is 13.2 Å². The molecule has 1 aromatic rings. The molecule has 0 aliphatic rings. The molecule has 0 aliphatic carbocycles. The van der Waals surface area contributed by atoms with Crippen LogP contribution < -0.4 is 0 Å². The summed E-state index contributed by atoms with van der Waals surface area (Å²) in [6.45, 7) is 0. The molecular formula is C8H10N2O2. The van der Waals surface area contributed by atoms with E-state index >= 15 is 0 Å². The third-order valence-corrected chi connectivity index (χ3v) is 1.72. The number of hydrogen-bond donors (Lipinski definition) is 2. The Hall–Kier alpha value is -1.31. The first-order valence-electron chi connectivity index (χ1n) is 3.54. The van der Waals surface area contributed by atoms with E-state index in [-0.39, 0.29) is 0 Å². The summed E-state index contributed by atoms with van der Waals surface area (Å²) >= 11 is 0. The summed E-state index contributed by atoms with van der Waals surface area (Å²) in [7, 11) is 1.74. The van der Waals surface area contributed by atoms with Crippen LogP contribution in [0.2, 0.25) is 0 Å². The van der Waals surface area contributed by atoms with Crippen molar-refractivity contribution < 1.29 is 10.2 Å². The Morgan fingerprint density at radius 3 is 2.67 bits per heavy atom. The first kappa shape index (κ1) is 8.78. The second-order valence-corrected chi connectivity index (χ2v) is 2.56. The van der Waals surface area contributed by atoms with Crippen molar-refractivity contribution in [2.45, 2.75) is 12.2 Å². The maximum Gasteiger partial charge on any atom is 0.171 e. The highest BCUT2D eigenvalue weighted by Crippen LogP contribution is 2.15. The fourth-order valence-electron chi connectivity index (χ4n) is 1.01. The highest BCUT2D eigenvalue weighted by molar-refractivity contribution is 5.13. The maximum atomic E-state index is 9.37. The van der Waals surface area contributed by atoms with Crippen LogP contribution in [0.5, 0.6) is 0 Å². The Bertz CT molecular complexity index is 300. The summed E-state index contributed by atoms with van der Waals surface area (Å²) in [5.74, 6) is 0. The molecule has 12 heavy (non-hydrogen) atoms. The van der Waals surface area contributed by atoms with E-state index in [9.17, 15) is 5.11 Å². The van der Waals surface area contributed by atoms with Gasteiger partial charge >= 0.3 is 0 Å². The lowest BCUT2D eigenvalue weighted by molar-refractivity contribution is 0.0480. The average molecular weight is 166 g/mol. The lowest BCUT2D eigenvalue weighted by Crippen LogP contribution is -2.18. The number of nitriles is 1. The molecule has 0 aromatic carbocycles. The van der Waals surface area contributed by atoms with Crippen LogP contribution in [0.3, 0.4) is 0 Å². The lowest BCUT2D eigenvalue weighted by Gasteiger charge is -2.12. The van der Waals surface area contributed by atoms with Crippen LogP contribution >= 0.6 is 0 Å². The smallest absolute Gasteiger partial charge is 0.171 e. The third kappa shape index (κ3) is 1.47. The van der Waals surface area contributed by atoms with E-state index in [4.69, 9.17) is 10.4 Å². The molecule has 4 nitrogen and oxygen atoms in total. The van der Waals surface area contributed by atoms with E-state index < -0.39 is 12.2 Å². The van der Waals surface area contributed by atoms with Gasteiger partial charge in [-0.3, -0.25) is 0 Å². The molecule has 0 saturated heterocycles. The summed E-state index contributed by atoms with van der Waals surface area (Å²) in [5.41, 5.74) is 0.532. The van der Waals surface area contributed by atoms with Crippen molar-refractivity contribution in [3.8, 4) is 6.07 Å². The van der Waals surface area contributed by atoms with Crippen LogP contribution in [0, 0.1) is 11.3 Å². The number of hydrogen-bond acceptors (Lipinski definition) is 3. The standard InChI is InChI=1S/C8H10N2O2/c1-10-4-2-3-6(10)8(12)7(11)5-9/h2-4,7-8,11-12H,1H3. The van der Waals surface area contributed by atoms with E-state index in [0.29, 0.717) is 5.69 Å². The molecule has 0 amide bonds. The largest absolute Gasteiger partial charge is 0.383 e. The Morgan fingerprint density at radius 1 is 1.58 bits per heavy atom. The van der Waals surface area contributed by atoms with Crippen molar-refractivity contribution in [3.63, 3.8) is 0 Å². The van der Waals surface area contributed by atoms with Crippen molar-refractivity contribution in [2.24, 2.45) is 7.05 Å². The van der Waals surface area contributed by atoms with Gasteiger partial charge in [-0.1, -0.05) is 0 Å². The third-order valence-electron chi connectivity index (χ3n) is 1.72. The average Bonchev–Trinajstić information content (AvgIpc) is 2.48. The monoisotopic (exact) mass is 166 g/mol. The summed E-state index contributed by atoms with van der Waals surface area (Å²) in [6.07, 6.45) is -0.753. The van der Waals surface area contributed by atoms with Crippen LogP contribution in [0.25, 0.3) is 0 Å². The van der Waals surface area contributed by atoms with E-state index in [1.807, 2.05) is 0 Å². The van der Waals surface area contributed by atoms with Gasteiger partial charge in [0.2, 0.25) is 0 Å². The quantitative estimate of drug-likeness (QED) is 0.605. The van der Waals surface area contributed by atoms with Crippen molar-refractivity contribution in [1.82, 2.24) is 4.57 Å². The summed E-state index contributed by atoms with van der Waals surface area (Å²) in [4.78, 5) is 0. The van der Waals surface area contributed by atoms with Crippen LogP contribution in [0.15, 0.2) is 18.3 Å². The van der Waals surface area contributed by atoms with Crippen LogP contribution in [-0.2, 0) is 7.05 Å². The van der Waals surface area contributed by atoms with Gasteiger partial charge in [-0.05, 0) is 12.1 Å². The summed E-state index contributed by atoms with van der Waals surface area (Å²) in [5, 5.41) is 26.7. The molecule has 1 heterocycles. The van der Waals surface area contributed by atoms with Gasteiger partial charge in [-0.2, -0.15) is 5.26 Å². The molecule has 1 rings (SSSR count). The Kier molecular flexibility index (Phi) is 2.48. The highest BCUT2D eigenvalue weighted by atomic mass is 16.3. The molecule has 0 bridgehead atoms. The molecule has 64 valence electrons. The van der Waals surface area contributed by atoms with E-state index in [1.165, 1.54) is 0 Å². The van der Waals surface area contributed by atoms with E-state index in [0.717, 1.165) is 0 Å². The molecule has 0 radical (unpaired) electrons. The zero-order chi connectivity index (χ0) is 9.14. The number of nitrogens with zero attached hydrogens (tertiary/aromatic N) is 2. The van der Waals surface area contributed by atoms with Gasteiger partial charge in [0.15, 0.2) is 6.10 Å². The van der Waals surface area contributed by atoms with Crippen LogP contribution in [0.4, 0.5) is 0 Å². The van der Waals surface area contributed by atoms with Gasteiger partial charge in [0.25, 0.3) is 0 Å². The zero-order valence-corrected chi connectivity index (χ0v) is 6.68. The lowest BCUT2D eigenvalue weighted by atomic mass is 10.1. The molecule has 0 aliphatic heterocycles. The first-order chi connectivity index (χ1) is 5.66. The Labute approximate surface area is 70.3 Å². The predicted molar refractivity (Wildman–Crippen MR) is 42.0 cm³/mol. The van der Waals surface area contributed by atoms with Gasteiger partial charge in [-0.15, -0.1) is 0 Å².